The summed E-state index contributed by atoms with van der Waals surface area (Å²) < 4.78 is 7.10. The predicted octanol–water partition coefficient (Wildman–Crippen LogP) is 1.62. The van der Waals surface area contributed by atoms with Gasteiger partial charge in [0.2, 0.25) is 0 Å². The summed E-state index contributed by atoms with van der Waals surface area (Å²) in [5.74, 6) is 0. The molecule has 0 spiro atoms. The van der Waals surface area contributed by atoms with Crippen LogP contribution in [0, 0.1) is 6.92 Å². The van der Waals surface area contributed by atoms with E-state index in [1.54, 1.807) is 11.0 Å². The third-order valence-electron chi connectivity index (χ3n) is 2.77. The number of aryl methyl sites for hydroxylation is 1. The summed E-state index contributed by atoms with van der Waals surface area (Å²) in [6.45, 7) is 2.18. The molecule has 0 fully saturated rings. The van der Waals surface area contributed by atoms with Gasteiger partial charge in [-0.3, -0.25) is 0 Å². The number of para-hydroxylation sites is 1. The van der Waals surface area contributed by atoms with Crippen LogP contribution >= 0.6 is 0 Å². The first-order valence-corrected chi connectivity index (χ1v) is 6.44. The van der Waals surface area contributed by atoms with Gasteiger partial charge in [0.05, 0.1) is 11.4 Å². The van der Waals surface area contributed by atoms with Gasteiger partial charge in [-0.05, 0) is 25.1 Å². The van der Waals surface area contributed by atoms with Crippen LogP contribution in [0.5, 0.6) is 12.0 Å². The fourth-order valence-corrected chi connectivity index (χ4v) is 1.84. The minimum Gasteiger partial charge on any atom is -0.387 e. The molecule has 0 aliphatic heterocycles. The second kappa shape index (κ2) is 5.68. The maximum Gasteiger partial charge on any atom is 0.343 e. The van der Waals surface area contributed by atoms with Crippen LogP contribution in [0.15, 0.2) is 42.7 Å². The van der Waals surface area contributed by atoms with E-state index in [1.807, 2.05) is 43.3 Å². The summed E-state index contributed by atoms with van der Waals surface area (Å²) in [4.78, 5) is 12.5. The Balaban J connectivity index is 1.83. The SMILES string of the molecule is Cc1cc(CN)nc(Oc2ncn(-c3ccccc3)n2)n1. The average Bonchev–Trinajstić information content (AvgIpc) is 2.96. The highest BCUT2D eigenvalue weighted by atomic mass is 16.5. The Labute approximate surface area is 121 Å². The normalized spacial score (nSPS) is 10.6. The van der Waals surface area contributed by atoms with Crippen molar-refractivity contribution in [1.29, 1.82) is 0 Å². The first kappa shape index (κ1) is 13.2. The molecule has 0 amide bonds. The largest absolute Gasteiger partial charge is 0.387 e. The van der Waals surface area contributed by atoms with Gasteiger partial charge in [-0.1, -0.05) is 18.2 Å². The number of hydrogen-bond acceptors (Lipinski definition) is 6. The van der Waals surface area contributed by atoms with Gasteiger partial charge in [0.15, 0.2) is 0 Å². The van der Waals surface area contributed by atoms with Crippen LogP contribution in [-0.2, 0) is 6.54 Å². The highest BCUT2D eigenvalue weighted by Gasteiger charge is 2.08. The molecule has 0 atom stereocenters. The maximum absolute atomic E-state index is 5.58. The maximum atomic E-state index is 5.58. The smallest absolute Gasteiger partial charge is 0.343 e. The van der Waals surface area contributed by atoms with Crippen LogP contribution in [0.2, 0.25) is 0 Å². The molecule has 106 valence electrons. The second-order valence-electron chi connectivity index (χ2n) is 4.40. The molecular formula is C14H14N6O. The van der Waals surface area contributed by atoms with E-state index < -0.39 is 0 Å². The van der Waals surface area contributed by atoms with E-state index in [4.69, 9.17) is 10.5 Å². The van der Waals surface area contributed by atoms with E-state index in [1.165, 1.54) is 0 Å². The van der Waals surface area contributed by atoms with Crippen molar-refractivity contribution in [2.45, 2.75) is 13.5 Å². The van der Waals surface area contributed by atoms with Crippen molar-refractivity contribution < 1.29 is 4.74 Å². The van der Waals surface area contributed by atoms with Crippen molar-refractivity contribution in [3.8, 4) is 17.7 Å². The van der Waals surface area contributed by atoms with E-state index >= 15 is 0 Å². The molecule has 0 unspecified atom stereocenters. The van der Waals surface area contributed by atoms with Gasteiger partial charge < -0.3 is 10.5 Å². The van der Waals surface area contributed by atoms with Crippen molar-refractivity contribution in [3.05, 3.63) is 54.1 Å². The highest BCUT2D eigenvalue weighted by Crippen LogP contribution is 2.15. The molecule has 21 heavy (non-hydrogen) atoms. The third kappa shape index (κ3) is 3.03. The fourth-order valence-electron chi connectivity index (χ4n) is 1.84. The Morgan fingerprint density at radius 3 is 2.71 bits per heavy atom. The van der Waals surface area contributed by atoms with Gasteiger partial charge >= 0.3 is 12.0 Å². The monoisotopic (exact) mass is 282 g/mol. The molecule has 3 aromatic rings. The lowest BCUT2D eigenvalue weighted by Crippen LogP contribution is -2.04. The highest BCUT2D eigenvalue weighted by molar-refractivity contribution is 5.29. The number of rotatable bonds is 4. The van der Waals surface area contributed by atoms with Crippen LogP contribution in [0.3, 0.4) is 0 Å². The van der Waals surface area contributed by atoms with Crippen LogP contribution < -0.4 is 10.5 Å². The van der Waals surface area contributed by atoms with Gasteiger partial charge in [-0.15, -0.1) is 5.10 Å². The van der Waals surface area contributed by atoms with Crippen molar-refractivity contribution in [2.24, 2.45) is 5.73 Å². The summed E-state index contributed by atoms with van der Waals surface area (Å²) in [5, 5.41) is 4.23. The van der Waals surface area contributed by atoms with Crippen LogP contribution in [0.1, 0.15) is 11.4 Å². The molecule has 2 heterocycles. The van der Waals surface area contributed by atoms with E-state index in [0.29, 0.717) is 12.2 Å². The standard InChI is InChI=1S/C14H14N6O/c1-10-7-11(8-15)18-14(17-10)21-13-16-9-20(19-13)12-5-3-2-4-6-12/h2-7,9H,8,15H2,1H3. The van der Waals surface area contributed by atoms with Gasteiger partial charge in [-0.2, -0.15) is 9.97 Å². The molecule has 7 nitrogen and oxygen atoms in total. The topological polar surface area (TPSA) is 91.7 Å². The minimum atomic E-state index is 0.187. The van der Waals surface area contributed by atoms with Crippen LogP contribution in [-0.4, -0.2) is 24.7 Å². The zero-order chi connectivity index (χ0) is 14.7. The third-order valence-corrected chi connectivity index (χ3v) is 2.77. The molecule has 7 heteroatoms. The summed E-state index contributed by atoms with van der Waals surface area (Å²) in [7, 11) is 0. The van der Waals surface area contributed by atoms with Gasteiger partial charge in [0.1, 0.15) is 6.33 Å². The lowest BCUT2D eigenvalue weighted by Gasteiger charge is -2.03. The molecule has 0 bridgehead atoms. The molecule has 0 saturated carbocycles. The zero-order valence-electron chi connectivity index (χ0n) is 11.5. The van der Waals surface area contributed by atoms with Gasteiger partial charge in [0, 0.05) is 12.2 Å². The molecule has 0 radical (unpaired) electrons. The number of aromatic nitrogens is 5. The number of hydrogen-bond donors (Lipinski definition) is 1. The molecular weight excluding hydrogens is 268 g/mol. The molecule has 2 N–H and O–H groups in total. The quantitative estimate of drug-likeness (QED) is 0.781. The predicted molar refractivity (Wildman–Crippen MR) is 76.1 cm³/mol. The van der Waals surface area contributed by atoms with Gasteiger partial charge in [0.25, 0.3) is 0 Å². The van der Waals surface area contributed by atoms with E-state index in [9.17, 15) is 0 Å². The Hall–Kier alpha value is -2.80. The summed E-state index contributed by atoms with van der Waals surface area (Å²) in [6, 6.07) is 11.8. The summed E-state index contributed by atoms with van der Waals surface area (Å²) in [6.07, 6.45) is 1.57. The van der Waals surface area contributed by atoms with Gasteiger partial charge in [-0.25, -0.2) is 9.67 Å². The minimum absolute atomic E-state index is 0.187. The van der Waals surface area contributed by atoms with Crippen LogP contribution in [0.25, 0.3) is 5.69 Å². The average molecular weight is 282 g/mol. The van der Waals surface area contributed by atoms with Crippen molar-refractivity contribution in [2.75, 3.05) is 0 Å². The Morgan fingerprint density at radius 2 is 1.95 bits per heavy atom. The second-order valence-corrected chi connectivity index (χ2v) is 4.40. The number of nitrogens with two attached hydrogens (primary N) is 1. The Bertz CT molecular complexity index is 740. The lowest BCUT2D eigenvalue weighted by molar-refractivity contribution is 0.403. The Morgan fingerprint density at radius 1 is 1.14 bits per heavy atom. The number of ether oxygens (including phenoxy) is 1. The van der Waals surface area contributed by atoms with Crippen molar-refractivity contribution in [1.82, 2.24) is 24.7 Å². The first-order valence-electron chi connectivity index (χ1n) is 6.44. The summed E-state index contributed by atoms with van der Waals surface area (Å²) >= 11 is 0. The molecule has 2 aromatic heterocycles. The molecule has 1 aromatic carbocycles. The fraction of sp³-hybridized carbons (Fsp3) is 0.143. The molecule has 3 rings (SSSR count). The number of nitrogens with zero attached hydrogens (tertiary/aromatic N) is 5. The van der Waals surface area contributed by atoms with Crippen molar-refractivity contribution >= 4 is 0 Å². The van der Waals surface area contributed by atoms with Crippen molar-refractivity contribution in [3.63, 3.8) is 0 Å². The number of benzene rings is 1. The van der Waals surface area contributed by atoms with E-state index in [0.717, 1.165) is 11.4 Å². The van der Waals surface area contributed by atoms with Crippen LogP contribution in [0.4, 0.5) is 0 Å². The lowest BCUT2D eigenvalue weighted by atomic mass is 10.3. The van der Waals surface area contributed by atoms with E-state index in [2.05, 4.69) is 20.1 Å². The zero-order valence-corrected chi connectivity index (χ0v) is 11.5. The molecule has 0 aliphatic rings. The van der Waals surface area contributed by atoms with E-state index in [-0.39, 0.29) is 12.0 Å². The molecule has 0 aliphatic carbocycles. The Kier molecular flexibility index (Phi) is 3.57. The summed E-state index contributed by atoms with van der Waals surface area (Å²) in [5.41, 5.74) is 7.96. The molecule has 0 saturated heterocycles. The first-order chi connectivity index (χ1) is 10.2.